The molecule has 3 rings (SSSR count). The number of aliphatic hydroxyl groups excluding tert-OH is 1. The first-order valence-corrected chi connectivity index (χ1v) is 8.48. The topological polar surface area (TPSA) is 70.6 Å². The van der Waals surface area contributed by atoms with Crippen molar-refractivity contribution < 1.29 is 14.6 Å². The molecule has 1 unspecified atom stereocenters. The third kappa shape index (κ3) is 3.46. The second-order valence-corrected chi connectivity index (χ2v) is 6.85. The van der Waals surface area contributed by atoms with E-state index >= 15 is 0 Å². The van der Waals surface area contributed by atoms with Gasteiger partial charge in [0, 0.05) is 17.4 Å². The average Bonchev–Trinajstić information content (AvgIpc) is 2.83. The maximum absolute atomic E-state index is 12.1. The highest BCUT2D eigenvalue weighted by atomic mass is 16.5. The van der Waals surface area contributed by atoms with Gasteiger partial charge in [-0.25, -0.2) is 0 Å². The predicted octanol–water partition coefficient (Wildman–Crippen LogP) is 3.46. The first kappa shape index (κ1) is 17.3. The molecule has 0 fully saturated rings. The minimum atomic E-state index is -0.503. The van der Waals surface area contributed by atoms with Gasteiger partial charge in [0.15, 0.2) is 0 Å². The SMILES string of the molecule is CC(Nc1ccc(OCCO)cc1)c1ccc2c(c1)C(C)(C)C(=O)N2. The van der Waals surface area contributed by atoms with Gasteiger partial charge >= 0.3 is 0 Å². The first-order valence-electron chi connectivity index (χ1n) is 8.48. The highest BCUT2D eigenvalue weighted by molar-refractivity contribution is 6.05. The molecule has 0 radical (unpaired) electrons. The number of hydrogen-bond donors (Lipinski definition) is 3. The zero-order chi connectivity index (χ0) is 18.0. The van der Waals surface area contributed by atoms with E-state index in [9.17, 15) is 4.79 Å². The molecule has 0 aliphatic carbocycles. The van der Waals surface area contributed by atoms with Crippen molar-refractivity contribution in [1.29, 1.82) is 0 Å². The minimum Gasteiger partial charge on any atom is -0.491 e. The zero-order valence-corrected chi connectivity index (χ0v) is 14.8. The molecule has 0 aromatic heterocycles. The number of anilines is 2. The number of nitrogens with one attached hydrogen (secondary N) is 2. The summed E-state index contributed by atoms with van der Waals surface area (Å²) in [6.45, 7) is 6.28. The van der Waals surface area contributed by atoms with Crippen molar-refractivity contribution in [3.8, 4) is 5.75 Å². The fourth-order valence-corrected chi connectivity index (χ4v) is 3.00. The standard InChI is InChI=1S/C20H24N2O3/c1-13(21-15-5-7-16(8-6-15)25-11-10-23)14-4-9-18-17(12-14)20(2,3)19(24)22-18/h4-9,12-13,21,23H,10-11H2,1-3H3,(H,22,24). The van der Waals surface area contributed by atoms with Crippen molar-refractivity contribution in [2.24, 2.45) is 0 Å². The van der Waals surface area contributed by atoms with Gasteiger partial charge < -0.3 is 20.5 Å². The van der Waals surface area contributed by atoms with Crippen LogP contribution in [0.5, 0.6) is 5.75 Å². The lowest BCUT2D eigenvalue weighted by Gasteiger charge is -2.20. The van der Waals surface area contributed by atoms with Crippen LogP contribution < -0.4 is 15.4 Å². The Morgan fingerprint density at radius 2 is 1.92 bits per heavy atom. The number of carbonyl (C=O) groups is 1. The molecular weight excluding hydrogens is 316 g/mol. The summed E-state index contributed by atoms with van der Waals surface area (Å²) in [6, 6.07) is 13.9. The van der Waals surface area contributed by atoms with E-state index in [1.54, 1.807) is 0 Å². The zero-order valence-electron chi connectivity index (χ0n) is 14.8. The Balaban J connectivity index is 1.73. The molecule has 5 heteroatoms. The van der Waals surface area contributed by atoms with Gasteiger partial charge in [0.05, 0.1) is 12.0 Å². The van der Waals surface area contributed by atoms with Crippen molar-refractivity contribution >= 4 is 17.3 Å². The number of fused-ring (bicyclic) bond motifs is 1. The highest BCUT2D eigenvalue weighted by Gasteiger charge is 2.38. The molecule has 3 N–H and O–H groups in total. The Morgan fingerprint density at radius 1 is 1.20 bits per heavy atom. The van der Waals surface area contributed by atoms with Crippen molar-refractivity contribution in [2.45, 2.75) is 32.2 Å². The molecule has 132 valence electrons. The summed E-state index contributed by atoms with van der Waals surface area (Å²) in [4.78, 5) is 12.1. The van der Waals surface area contributed by atoms with Crippen molar-refractivity contribution in [3.05, 3.63) is 53.6 Å². The third-order valence-electron chi connectivity index (χ3n) is 4.63. The molecule has 1 aliphatic rings. The Bertz CT molecular complexity index is 769. The van der Waals surface area contributed by atoms with Gasteiger partial charge in [-0.1, -0.05) is 12.1 Å². The Labute approximate surface area is 148 Å². The molecule has 1 aliphatic heterocycles. The lowest BCUT2D eigenvalue weighted by molar-refractivity contribution is -0.119. The van der Waals surface area contributed by atoms with Gasteiger partial charge in [0.1, 0.15) is 12.4 Å². The fraction of sp³-hybridized carbons (Fsp3) is 0.350. The maximum Gasteiger partial charge on any atom is 0.234 e. The van der Waals surface area contributed by atoms with E-state index in [1.165, 1.54) is 0 Å². The predicted molar refractivity (Wildman–Crippen MR) is 99.2 cm³/mol. The number of benzene rings is 2. The molecule has 5 nitrogen and oxygen atoms in total. The van der Waals surface area contributed by atoms with Gasteiger partial charge in [-0.3, -0.25) is 4.79 Å². The number of hydrogen-bond acceptors (Lipinski definition) is 4. The molecule has 1 heterocycles. The van der Waals surface area contributed by atoms with Crippen molar-refractivity contribution in [2.75, 3.05) is 23.8 Å². The molecule has 0 saturated carbocycles. The van der Waals surface area contributed by atoms with Gasteiger partial charge in [0.2, 0.25) is 5.91 Å². The summed E-state index contributed by atoms with van der Waals surface area (Å²) in [5.41, 5.74) is 3.55. The normalized spacial score (nSPS) is 16.1. The summed E-state index contributed by atoms with van der Waals surface area (Å²) in [5, 5.41) is 15.2. The lowest BCUT2D eigenvalue weighted by atomic mass is 9.85. The van der Waals surface area contributed by atoms with Crippen LogP contribution in [0.15, 0.2) is 42.5 Å². The number of amides is 1. The summed E-state index contributed by atoms with van der Waals surface area (Å²) in [5.74, 6) is 0.773. The summed E-state index contributed by atoms with van der Waals surface area (Å²) in [6.07, 6.45) is 0. The maximum atomic E-state index is 12.1. The summed E-state index contributed by atoms with van der Waals surface area (Å²) in [7, 11) is 0. The smallest absolute Gasteiger partial charge is 0.234 e. The largest absolute Gasteiger partial charge is 0.491 e. The van der Waals surface area contributed by atoms with Crippen LogP contribution in [-0.2, 0) is 10.2 Å². The number of aliphatic hydroxyl groups is 1. The van der Waals surface area contributed by atoms with E-state index in [4.69, 9.17) is 9.84 Å². The molecule has 0 bridgehead atoms. The van der Waals surface area contributed by atoms with Gasteiger partial charge in [-0.15, -0.1) is 0 Å². The van der Waals surface area contributed by atoms with Gasteiger partial charge in [-0.2, -0.15) is 0 Å². The van der Waals surface area contributed by atoms with E-state index in [-0.39, 0.29) is 18.6 Å². The Morgan fingerprint density at radius 3 is 2.60 bits per heavy atom. The first-order chi connectivity index (χ1) is 11.9. The van der Waals surface area contributed by atoms with E-state index in [1.807, 2.05) is 50.2 Å². The van der Waals surface area contributed by atoms with E-state index in [0.29, 0.717) is 6.61 Å². The fourth-order valence-electron chi connectivity index (χ4n) is 3.00. The van der Waals surface area contributed by atoms with Crippen LogP contribution in [0, 0.1) is 0 Å². The molecule has 25 heavy (non-hydrogen) atoms. The van der Waals surface area contributed by atoms with Crippen LogP contribution in [0.3, 0.4) is 0 Å². The number of rotatable bonds is 6. The monoisotopic (exact) mass is 340 g/mol. The van der Waals surface area contributed by atoms with Crippen LogP contribution in [0.4, 0.5) is 11.4 Å². The van der Waals surface area contributed by atoms with Gasteiger partial charge in [-0.05, 0) is 62.2 Å². The molecule has 2 aromatic rings. The molecule has 1 atom stereocenters. The van der Waals surface area contributed by atoms with Crippen LogP contribution in [0.25, 0.3) is 0 Å². The van der Waals surface area contributed by atoms with Crippen LogP contribution in [-0.4, -0.2) is 24.2 Å². The van der Waals surface area contributed by atoms with E-state index in [2.05, 4.69) is 23.6 Å². The third-order valence-corrected chi connectivity index (χ3v) is 4.63. The van der Waals surface area contributed by atoms with Crippen molar-refractivity contribution in [1.82, 2.24) is 0 Å². The van der Waals surface area contributed by atoms with Crippen LogP contribution in [0.1, 0.15) is 37.9 Å². The lowest BCUT2D eigenvalue weighted by Crippen LogP contribution is -2.27. The molecule has 0 saturated heterocycles. The molecule has 2 aromatic carbocycles. The summed E-state index contributed by atoms with van der Waals surface area (Å²) < 4.78 is 5.37. The van der Waals surface area contributed by atoms with Crippen LogP contribution >= 0.6 is 0 Å². The van der Waals surface area contributed by atoms with E-state index in [0.717, 1.165) is 28.3 Å². The van der Waals surface area contributed by atoms with Gasteiger partial charge in [0.25, 0.3) is 0 Å². The van der Waals surface area contributed by atoms with Crippen molar-refractivity contribution in [3.63, 3.8) is 0 Å². The number of ether oxygens (including phenoxy) is 1. The summed E-state index contributed by atoms with van der Waals surface area (Å²) >= 11 is 0. The number of carbonyl (C=O) groups excluding carboxylic acids is 1. The highest BCUT2D eigenvalue weighted by Crippen LogP contribution is 2.38. The minimum absolute atomic E-state index is 0.00305. The second kappa shape index (κ2) is 6.76. The Hall–Kier alpha value is -2.53. The Kier molecular flexibility index (Phi) is 4.68. The molecule has 0 spiro atoms. The van der Waals surface area contributed by atoms with E-state index < -0.39 is 5.41 Å². The van der Waals surface area contributed by atoms with Crippen LogP contribution in [0.2, 0.25) is 0 Å². The molecule has 1 amide bonds. The second-order valence-electron chi connectivity index (χ2n) is 6.85. The quantitative estimate of drug-likeness (QED) is 0.753. The average molecular weight is 340 g/mol. The molecular formula is C20H24N2O3.